The number of morpholine rings is 1. The Morgan fingerprint density at radius 1 is 1.41 bits per heavy atom. The van der Waals surface area contributed by atoms with Crippen LogP contribution in [0.15, 0.2) is 16.9 Å². The van der Waals surface area contributed by atoms with Gasteiger partial charge in [-0.2, -0.15) is 5.10 Å². The molecule has 1 aromatic rings. The highest BCUT2D eigenvalue weighted by Crippen LogP contribution is 2.12. The summed E-state index contributed by atoms with van der Waals surface area (Å²) in [4.78, 5) is 24.6. The molecule has 1 amide bonds. The molecule has 0 bridgehead atoms. The molecule has 6 nitrogen and oxygen atoms in total. The maximum absolute atomic E-state index is 12.1. The minimum absolute atomic E-state index is 0.0189. The predicted molar refractivity (Wildman–Crippen MR) is 60.8 cm³/mol. The van der Waals surface area contributed by atoms with Crippen LogP contribution in [-0.2, 0) is 4.74 Å². The van der Waals surface area contributed by atoms with Gasteiger partial charge in [-0.05, 0) is 19.9 Å². The van der Waals surface area contributed by atoms with Gasteiger partial charge < -0.3 is 9.64 Å². The van der Waals surface area contributed by atoms with E-state index in [1.54, 1.807) is 4.90 Å². The number of nitrogens with zero attached hydrogens (tertiary/aromatic N) is 2. The van der Waals surface area contributed by atoms with Crippen LogP contribution in [0.2, 0.25) is 0 Å². The number of rotatable bonds is 1. The molecule has 2 heterocycles. The molecule has 0 aliphatic carbocycles. The molecule has 92 valence electrons. The zero-order valence-electron chi connectivity index (χ0n) is 9.84. The van der Waals surface area contributed by atoms with Crippen LogP contribution >= 0.6 is 0 Å². The first kappa shape index (κ1) is 11.8. The van der Waals surface area contributed by atoms with E-state index in [2.05, 4.69) is 10.2 Å². The molecule has 0 spiro atoms. The number of carbonyl (C=O) groups is 1. The number of nitrogens with one attached hydrogen (secondary N) is 1. The van der Waals surface area contributed by atoms with Gasteiger partial charge in [0.15, 0.2) is 0 Å². The molecule has 2 rings (SSSR count). The molecule has 6 heteroatoms. The third-order valence-corrected chi connectivity index (χ3v) is 2.61. The normalized spacial score (nSPS) is 24.7. The second kappa shape index (κ2) is 4.67. The van der Waals surface area contributed by atoms with Crippen molar-refractivity contribution >= 4 is 5.91 Å². The summed E-state index contributed by atoms with van der Waals surface area (Å²) in [6.45, 7) is 4.94. The van der Waals surface area contributed by atoms with Crippen molar-refractivity contribution in [3.63, 3.8) is 0 Å². The molecule has 0 radical (unpaired) electrons. The zero-order valence-corrected chi connectivity index (χ0v) is 9.84. The smallest absolute Gasteiger partial charge is 0.274 e. The summed E-state index contributed by atoms with van der Waals surface area (Å²) in [7, 11) is 0. The highest BCUT2D eigenvalue weighted by Gasteiger charge is 2.27. The number of aromatic nitrogens is 2. The van der Waals surface area contributed by atoms with Gasteiger partial charge in [0.2, 0.25) is 0 Å². The second-order valence-corrected chi connectivity index (χ2v) is 4.27. The second-order valence-electron chi connectivity index (χ2n) is 4.27. The van der Waals surface area contributed by atoms with Crippen molar-refractivity contribution in [2.45, 2.75) is 26.1 Å². The fourth-order valence-electron chi connectivity index (χ4n) is 1.97. The van der Waals surface area contributed by atoms with Crippen LogP contribution in [0.4, 0.5) is 0 Å². The largest absolute Gasteiger partial charge is 0.372 e. The average molecular weight is 237 g/mol. The fraction of sp³-hybridized carbons (Fsp3) is 0.545. The van der Waals surface area contributed by atoms with Gasteiger partial charge in [0, 0.05) is 19.2 Å². The van der Waals surface area contributed by atoms with Crippen LogP contribution in [-0.4, -0.2) is 46.3 Å². The van der Waals surface area contributed by atoms with Gasteiger partial charge in [-0.1, -0.05) is 0 Å². The predicted octanol–water partition coefficient (Wildman–Crippen LogP) is 0.0193. The van der Waals surface area contributed by atoms with Gasteiger partial charge in [0.25, 0.3) is 11.5 Å². The van der Waals surface area contributed by atoms with Crippen molar-refractivity contribution in [2.24, 2.45) is 0 Å². The van der Waals surface area contributed by atoms with E-state index in [0.717, 1.165) is 0 Å². The highest BCUT2D eigenvalue weighted by molar-refractivity contribution is 5.92. The summed E-state index contributed by atoms with van der Waals surface area (Å²) in [6, 6.07) is 2.74. The van der Waals surface area contributed by atoms with Crippen molar-refractivity contribution < 1.29 is 9.53 Å². The van der Waals surface area contributed by atoms with Crippen LogP contribution in [0, 0.1) is 0 Å². The lowest BCUT2D eigenvalue weighted by molar-refractivity contribution is -0.0587. The Balaban J connectivity index is 2.14. The maximum Gasteiger partial charge on any atom is 0.274 e. The van der Waals surface area contributed by atoms with Crippen LogP contribution in [0.1, 0.15) is 24.3 Å². The molecule has 2 atom stereocenters. The van der Waals surface area contributed by atoms with Crippen LogP contribution in [0.5, 0.6) is 0 Å². The van der Waals surface area contributed by atoms with Crippen molar-refractivity contribution in [3.8, 4) is 0 Å². The number of hydrogen-bond acceptors (Lipinski definition) is 4. The number of aromatic amines is 1. The van der Waals surface area contributed by atoms with E-state index in [1.807, 2.05) is 13.8 Å². The van der Waals surface area contributed by atoms with Crippen LogP contribution in [0.3, 0.4) is 0 Å². The van der Waals surface area contributed by atoms with Gasteiger partial charge in [-0.25, -0.2) is 5.10 Å². The first-order valence-electron chi connectivity index (χ1n) is 5.56. The summed E-state index contributed by atoms with van der Waals surface area (Å²) >= 11 is 0. The molecule has 1 aromatic heterocycles. The van der Waals surface area contributed by atoms with Gasteiger partial charge in [-0.15, -0.1) is 0 Å². The molecule has 1 N–H and O–H groups in total. The van der Waals surface area contributed by atoms with E-state index >= 15 is 0 Å². The highest BCUT2D eigenvalue weighted by atomic mass is 16.5. The molecular weight excluding hydrogens is 222 g/mol. The lowest BCUT2D eigenvalue weighted by Gasteiger charge is -2.35. The molecule has 2 unspecified atom stereocenters. The van der Waals surface area contributed by atoms with E-state index in [-0.39, 0.29) is 29.4 Å². The standard InChI is InChI=1S/C11H15N3O3/c1-7-5-14(6-8(2)17-7)11(16)9-3-4-10(15)13-12-9/h3-4,7-8H,5-6H2,1-2H3,(H,13,15). The SMILES string of the molecule is CC1CN(C(=O)c2ccc(=O)[nH]n2)CC(C)O1. The van der Waals surface area contributed by atoms with Crippen molar-refractivity contribution in [1.29, 1.82) is 0 Å². The van der Waals surface area contributed by atoms with Gasteiger partial charge in [0.05, 0.1) is 12.2 Å². The Kier molecular flexibility index (Phi) is 3.23. The molecule has 0 saturated carbocycles. The van der Waals surface area contributed by atoms with Crippen LogP contribution < -0.4 is 5.56 Å². The number of carbonyl (C=O) groups excluding carboxylic acids is 1. The third-order valence-electron chi connectivity index (χ3n) is 2.61. The van der Waals surface area contributed by atoms with Gasteiger partial charge >= 0.3 is 0 Å². The Morgan fingerprint density at radius 2 is 2.06 bits per heavy atom. The molecule has 0 aromatic carbocycles. The average Bonchev–Trinajstić information content (AvgIpc) is 2.28. The van der Waals surface area contributed by atoms with E-state index in [4.69, 9.17) is 4.74 Å². The summed E-state index contributed by atoms with van der Waals surface area (Å²) < 4.78 is 5.55. The lowest BCUT2D eigenvalue weighted by Crippen LogP contribution is -2.48. The zero-order chi connectivity index (χ0) is 12.4. The van der Waals surface area contributed by atoms with E-state index < -0.39 is 0 Å². The van der Waals surface area contributed by atoms with Gasteiger partial charge in [-0.3, -0.25) is 9.59 Å². The molecule has 1 aliphatic rings. The van der Waals surface area contributed by atoms with Crippen LogP contribution in [0.25, 0.3) is 0 Å². The molecule has 1 aliphatic heterocycles. The Morgan fingerprint density at radius 3 is 2.59 bits per heavy atom. The van der Waals surface area contributed by atoms with E-state index in [9.17, 15) is 9.59 Å². The summed E-state index contributed by atoms with van der Waals surface area (Å²) in [6.07, 6.45) is 0.0379. The van der Waals surface area contributed by atoms with Crippen molar-refractivity contribution in [3.05, 3.63) is 28.2 Å². The minimum Gasteiger partial charge on any atom is -0.372 e. The molecular formula is C11H15N3O3. The monoisotopic (exact) mass is 237 g/mol. The summed E-state index contributed by atoms with van der Waals surface area (Å²) in [5, 5.41) is 5.99. The van der Waals surface area contributed by atoms with Gasteiger partial charge in [0.1, 0.15) is 5.69 Å². The topological polar surface area (TPSA) is 75.3 Å². The quantitative estimate of drug-likeness (QED) is 0.747. The van der Waals surface area contributed by atoms with E-state index in [1.165, 1.54) is 12.1 Å². The summed E-state index contributed by atoms with van der Waals surface area (Å²) in [5.41, 5.74) is -0.0591. The Labute approximate surface area is 98.6 Å². The maximum atomic E-state index is 12.1. The fourth-order valence-corrected chi connectivity index (χ4v) is 1.97. The first-order chi connectivity index (χ1) is 8.06. The number of amides is 1. The van der Waals surface area contributed by atoms with Crippen molar-refractivity contribution in [2.75, 3.05) is 13.1 Å². The Hall–Kier alpha value is -1.69. The summed E-state index contributed by atoms with van der Waals surface area (Å²) in [5.74, 6) is -0.178. The number of H-pyrrole nitrogens is 1. The number of hydrogen-bond donors (Lipinski definition) is 1. The first-order valence-corrected chi connectivity index (χ1v) is 5.56. The van der Waals surface area contributed by atoms with Crippen molar-refractivity contribution in [1.82, 2.24) is 15.1 Å². The third kappa shape index (κ3) is 2.71. The molecule has 17 heavy (non-hydrogen) atoms. The van der Waals surface area contributed by atoms with E-state index in [0.29, 0.717) is 13.1 Å². The number of ether oxygens (including phenoxy) is 1. The molecule has 1 fully saturated rings. The molecule has 1 saturated heterocycles. The Bertz CT molecular complexity index is 441. The lowest BCUT2D eigenvalue weighted by atomic mass is 10.2. The minimum atomic E-state index is -0.315.